The van der Waals surface area contributed by atoms with Gasteiger partial charge in [0.2, 0.25) is 10.0 Å². The van der Waals surface area contributed by atoms with E-state index in [1.54, 1.807) is 0 Å². The highest BCUT2D eigenvalue weighted by Crippen LogP contribution is 2.26. The van der Waals surface area contributed by atoms with Gasteiger partial charge in [0.05, 0.1) is 37.8 Å². The maximum absolute atomic E-state index is 12.3. The minimum Gasteiger partial charge on any atom is -0.444 e. The van der Waals surface area contributed by atoms with Gasteiger partial charge in [-0.3, -0.25) is 4.79 Å². The smallest absolute Gasteiger partial charge is 0.407 e. The maximum atomic E-state index is 12.3. The average molecular weight is 478 g/mol. The van der Waals surface area contributed by atoms with Crippen molar-refractivity contribution < 1.29 is 23.1 Å². The minimum absolute atomic E-state index is 0.0213. The lowest BCUT2D eigenvalue weighted by atomic mass is 9.92. The second-order valence-corrected chi connectivity index (χ2v) is 10.1. The molecule has 2 aliphatic rings. The summed E-state index contributed by atoms with van der Waals surface area (Å²) in [4.78, 5) is 26.3. The van der Waals surface area contributed by atoms with E-state index in [4.69, 9.17) is 21.4 Å². The van der Waals surface area contributed by atoms with Gasteiger partial charge in [0.15, 0.2) is 0 Å². The number of rotatable bonds is 7. The molecule has 0 bridgehead atoms. The lowest BCUT2D eigenvalue weighted by Gasteiger charge is -2.29. The quantitative estimate of drug-likeness (QED) is 0.500. The normalized spacial score (nSPS) is 24.2. The summed E-state index contributed by atoms with van der Waals surface area (Å²) in [6.45, 7) is 0.804. The number of hydrogen-bond acceptors (Lipinski definition) is 8. The van der Waals surface area contributed by atoms with Crippen molar-refractivity contribution in [2.75, 3.05) is 30.9 Å². The van der Waals surface area contributed by atoms with Crippen LogP contribution in [-0.2, 0) is 21.3 Å². The molecule has 0 radical (unpaired) electrons. The summed E-state index contributed by atoms with van der Waals surface area (Å²) in [7, 11) is -3.23. The first-order valence-electron chi connectivity index (χ1n) is 10.2. The van der Waals surface area contributed by atoms with Gasteiger partial charge in [-0.1, -0.05) is 11.6 Å². The van der Waals surface area contributed by atoms with E-state index in [2.05, 4.69) is 15.1 Å². The first-order chi connectivity index (χ1) is 14.7. The fourth-order valence-corrected chi connectivity index (χ4v) is 5.09. The number of sulfonamides is 1. The number of aliphatic hydroxyl groups excluding tert-OH is 1. The molecule has 1 saturated carbocycles. The van der Waals surface area contributed by atoms with Crippen molar-refractivity contribution in [3.05, 3.63) is 21.6 Å². The van der Waals surface area contributed by atoms with Crippen molar-refractivity contribution in [3.63, 3.8) is 0 Å². The van der Waals surface area contributed by atoms with Crippen LogP contribution in [0.1, 0.15) is 32.1 Å². The highest BCUT2D eigenvalue weighted by molar-refractivity contribution is 7.88. The van der Waals surface area contributed by atoms with E-state index in [1.807, 2.05) is 4.90 Å². The zero-order valence-electron chi connectivity index (χ0n) is 17.3. The molecule has 3 N–H and O–H groups in total. The van der Waals surface area contributed by atoms with E-state index < -0.39 is 21.7 Å². The van der Waals surface area contributed by atoms with Crippen LogP contribution in [0.4, 0.5) is 10.5 Å². The number of aliphatic hydroxyl groups is 1. The Labute approximate surface area is 185 Å². The molecule has 1 aromatic heterocycles. The molecule has 1 aromatic rings. The first-order valence-corrected chi connectivity index (χ1v) is 12.5. The lowest BCUT2D eigenvalue weighted by Crippen LogP contribution is -2.44. The van der Waals surface area contributed by atoms with Gasteiger partial charge >= 0.3 is 6.09 Å². The number of amides is 1. The van der Waals surface area contributed by atoms with E-state index in [0.717, 1.165) is 10.9 Å². The molecule has 0 unspecified atom stereocenters. The van der Waals surface area contributed by atoms with Gasteiger partial charge in [0.1, 0.15) is 11.1 Å². The third kappa shape index (κ3) is 6.55. The largest absolute Gasteiger partial charge is 0.444 e. The molecule has 1 amide bonds. The Morgan fingerprint density at radius 3 is 2.61 bits per heavy atom. The molecule has 0 aromatic carbocycles. The second-order valence-electron chi connectivity index (χ2n) is 7.94. The molecular weight excluding hydrogens is 450 g/mol. The van der Waals surface area contributed by atoms with E-state index in [9.17, 15) is 18.0 Å². The third-order valence-corrected chi connectivity index (χ3v) is 6.58. The topological polar surface area (TPSA) is 143 Å². The van der Waals surface area contributed by atoms with Crippen molar-refractivity contribution in [2.24, 2.45) is 0 Å². The van der Waals surface area contributed by atoms with Crippen molar-refractivity contribution >= 4 is 33.4 Å². The first kappa shape index (κ1) is 23.8. The fraction of sp³-hybridized carbons (Fsp3) is 0.722. The van der Waals surface area contributed by atoms with Crippen LogP contribution in [0.15, 0.2) is 11.0 Å². The Morgan fingerprint density at radius 2 is 1.97 bits per heavy atom. The monoisotopic (exact) mass is 477 g/mol. The van der Waals surface area contributed by atoms with Crippen molar-refractivity contribution in [1.82, 2.24) is 19.8 Å². The Hall–Kier alpha value is -1.89. The van der Waals surface area contributed by atoms with Crippen LogP contribution in [0.2, 0.25) is 5.02 Å². The molecule has 11 nitrogen and oxygen atoms in total. The van der Waals surface area contributed by atoms with Crippen molar-refractivity contribution in [1.29, 1.82) is 0 Å². The van der Waals surface area contributed by atoms with Crippen LogP contribution < -0.4 is 20.5 Å². The van der Waals surface area contributed by atoms with Crippen LogP contribution in [0, 0.1) is 0 Å². The number of nitrogens with zero attached hydrogens (tertiary/aromatic N) is 3. The predicted octanol–water partition coefficient (Wildman–Crippen LogP) is 0.0543. The van der Waals surface area contributed by atoms with Gasteiger partial charge < -0.3 is 20.1 Å². The predicted molar refractivity (Wildman–Crippen MR) is 115 cm³/mol. The minimum atomic E-state index is -3.23. The van der Waals surface area contributed by atoms with Crippen LogP contribution in [0.25, 0.3) is 0 Å². The average Bonchev–Trinajstić information content (AvgIpc) is 3.14. The number of nitrogens with one attached hydrogen (secondary N) is 2. The fourth-order valence-electron chi connectivity index (χ4n) is 3.98. The van der Waals surface area contributed by atoms with Crippen LogP contribution >= 0.6 is 11.6 Å². The van der Waals surface area contributed by atoms with Gasteiger partial charge in [-0.25, -0.2) is 22.6 Å². The number of halogens is 1. The van der Waals surface area contributed by atoms with Gasteiger partial charge in [-0.05, 0) is 25.7 Å². The number of carbonyl (C=O) groups excluding carboxylic acids is 1. The molecule has 2 heterocycles. The summed E-state index contributed by atoms with van der Waals surface area (Å²) in [6.07, 6.45) is 5.01. The van der Waals surface area contributed by atoms with Crippen LogP contribution in [0.5, 0.6) is 0 Å². The van der Waals surface area contributed by atoms with E-state index in [-0.39, 0.29) is 36.4 Å². The molecule has 1 aliphatic carbocycles. The molecule has 3 rings (SSSR count). The molecule has 1 atom stereocenters. The Kier molecular flexibility index (Phi) is 7.78. The molecule has 31 heavy (non-hydrogen) atoms. The summed E-state index contributed by atoms with van der Waals surface area (Å²) >= 11 is 6.19. The van der Waals surface area contributed by atoms with Crippen LogP contribution in [0.3, 0.4) is 0 Å². The summed E-state index contributed by atoms with van der Waals surface area (Å²) in [5.41, 5.74) is 0.000331. The third-order valence-electron chi connectivity index (χ3n) is 5.47. The van der Waals surface area contributed by atoms with Crippen LogP contribution in [-0.4, -0.2) is 73.5 Å². The second kappa shape index (κ2) is 10.2. The molecule has 0 spiro atoms. The zero-order valence-corrected chi connectivity index (χ0v) is 18.9. The van der Waals surface area contributed by atoms with Gasteiger partial charge in [-0.15, -0.1) is 0 Å². The number of alkyl carbamates (subject to hydrolysis) is 1. The van der Waals surface area contributed by atoms with Gasteiger partial charge in [-0.2, -0.15) is 5.10 Å². The molecule has 13 heteroatoms. The molecule has 1 aliphatic heterocycles. The SMILES string of the molecule is CS(=O)(=O)NC1CCC(NC(=O)O[C@@H]2CCN(c3cnn(CCO)c(=O)c3Cl)C2)CC1. The molecular formula is C18H28ClN5O6S. The lowest BCUT2D eigenvalue weighted by molar-refractivity contribution is 0.102. The standard InChI is InChI=1S/C18H28ClN5O6S/c1-31(28,29)22-13-4-2-12(3-5-13)21-18(27)30-14-6-7-23(11-14)15-10-20-24(8-9-25)17(26)16(15)19/h10,12-14,22,25H,2-9,11H2,1H3,(H,21,27)/t12?,13?,14-/m1/s1. The maximum Gasteiger partial charge on any atom is 0.407 e. The van der Waals surface area contributed by atoms with Crippen molar-refractivity contribution in [3.8, 4) is 0 Å². The molecule has 174 valence electrons. The van der Waals surface area contributed by atoms with E-state index >= 15 is 0 Å². The molecule has 1 saturated heterocycles. The number of carbonyl (C=O) groups is 1. The summed E-state index contributed by atoms with van der Waals surface area (Å²) in [5, 5.41) is 15.9. The summed E-state index contributed by atoms with van der Waals surface area (Å²) < 4.78 is 31.9. The van der Waals surface area contributed by atoms with Crippen molar-refractivity contribution in [2.45, 2.75) is 56.8 Å². The number of hydrogen-bond donors (Lipinski definition) is 3. The number of aromatic nitrogens is 2. The number of anilines is 1. The van der Waals surface area contributed by atoms with Gasteiger partial charge in [0.25, 0.3) is 5.56 Å². The summed E-state index contributed by atoms with van der Waals surface area (Å²) in [5.74, 6) is 0. The molecule has 2 fully saturated rings. The Balaban J connectivity index is 1.47. The van der Waals surface area contributed by atoms with E-state index in [1.165, 1.54) is 6.20 Å². The highest BCUT2D eigenvalue weighted by Gasteiger charge is 2.30. The van der Waals surface area contributed by atoms with Gasteiger partial charge in [0, 0.05) is 25.0 Å². The zero-order chi connectivity index (χ0) is 22.6. The Bertz CT molecular complexity index is 947. The van der Waals surface area contributed by atoms with E-state index in [0.29, 0.717) is 50.9 Å². The Morgan fingerprint density at radius 1 is 1.29 bits per heavy atom. The summed E-state index contributed by atoms with van der Waals surface area (Å²) in [6, 6.07) is -0.154. The number of ether oxygens (including phenoxy) is 1. The highest BCUT2D eigenvalue weighted by atomic mass is 35.5.